The summed E-state index contributed by atoms with van der Waals surface area (Å²) in [5.74, 6) is 1.31. The molecule has 0 heterocycles. The van der Waals surface area contributed by atoms with Gasteiger partial charge >= 0.3 is 22.9 Å². The van der Waals surface area contributed by atoms with Gasteiger partial charge in [-0.25, -0.2) is 21.6 Å². The summed E-state index contributed by atoms with van der Waals surface area (Å²) in [7, 11) is -14.5. The van der Waals surface area contributed by atoms with E-state index in [2.05, 4.69) is 55.0 Å². The van der Waals surface area contributed by atoms with Crippen LogP contribution in [0.25, 0.3) is 14.9 Å². The number of sulfonamides is 2. The summed E-state index contributed by atoms with van der Waals surface area (Å²) >= 11 is 0. The van der Waals surface area contributed by atoms with Gasteiger partial charge in [-0.1, -0.05) is 95.5 Å². The van der Waals surface area contributed by atoms with Crippen LogP contribution in [0.4, 0.5) is 35.1 Å². The highest BCUT2D eigenvalue weighted by Crippen LogP contribution is 2.43. The van der Waals surface area contributed by atoms with Crippen LogP contribution >= 0.6 is 0 Å². The maximum atomic E-state index is 14.1. The zero-order valence-electron chi connectivity index (χ0n) is 37.4. The van der Waals surface area contributed by atoms with Gasteiger partial charge in [0.05, 0.1) is 6.61 Å². The van der Waals surface area contributed by atoms with Crippen molar-refractivity contribution in [3.05, 3.63) is 106 Å². The van der Waals surface area contributed by atoms with Crippen LogP contribution < -0.4 is 14.2 Å². The molecule has 4 aromatic carbocycles. The number of ether oxygens (including phenoxy) is 5. The van der Waals surface area contributed by atoms with E-state index in [1.54, 1.807) is 12.1 Å². The van der Waals surface area contributed by atoms with Crippen LogP contribution in [0.2, 0.25) is 0 Å². The smallest absolute Gasteiger partial charge is 0.480 e. The van der Waals surface area contributed by atoms with E-state index < -0.39 is 55.7 Å². The molecule has 1 aliphatic rings. The fourth-order valence-corrected chi connectivity index (χ4v) is 9.12. The summed E-state index contributed by atoms with van der Waals surface area (Å²) in [5, 5.41) is -5.15. The van der Waals surface area contributed by atoms with E-state index in [9.17, 15) is 56.8 Å². The Morgan fingerprint density at radius 2 is 1.19 bits per heavy atom. The minimum absolute atomic E-state index is 0.235. The van der Waals surface area contributed by atoms with E-state index in [0.29, 0.717) is 29.9 Å². The maximum absolute atomic E-state index is 14.1. The van der Waals surface area contributed by atoms with Crippen LogP contribution in [0.1, 0.15) is 114 Å². The number of nitrogens with zero attached hydrogens (tertiary/aromatic N) is 1. The second kappa shape index (κ2) is 23.6. The molecule has 0 N–H and O–H groups in total. The first-order valence-corrected chi connectivity index (χ1v) is 24.4. The maximum Gasteiger partial charge on any atom is 0.480 e. The van der Waals surface area contributed by atoms with Crippen molar-refractivity contribution in [2.75, 3.05) is 19.8 Å². The summed E-state index contributed by atoms with van der Waals surface area (Å²) in [5.41, 5.74) is -2.71. The third kappa shape index (κ3) is 15.7. The molecule has 0 radical (unpaired) electrons. The van der Waals surface area contributed by atoms with Crippen LogP contribution in [0.5, 0.6) is 17.2 Å². The van der Waals surface area contributed by atoms with Gasteiger partial charge in [0, 0.05) is 0 Å². The van der Waals surface area contributed by atoms with Crippen LogP contribution in [0.15, 0.2) is 84.9 Å². The highest BCUT2D eigenvalue weighted by molar-refractivity contribution is 8.13. The molecule has 0 saturated heterocycles. The Morgan fingerprint density at radius 3 is 1.78 bits per heavy atom. The van der Waals surface area contributed by atoms with Crippen LogP contribution in [0, 0.1) is 0 Å². The van der Waals surface area contributed by atoms with Crippen molar-refractivity contribution in [2.45, 2.75) is 127 Å². The average molecular weight is 997 g/mol. The topological polar surface area (TPSA) is 146 Å². The van der Waals surface area contributed by atoms with Crippen molar-refractivity contribution < 1.29 is 80.4 Å². The summed E-state index contributed by atoms with van der Waals surface area (Å²) in [6.45, 7) is 9.40. The van der Waals surface area contributed by atoms with Crippen molar-refractivity contribution in [3.8, 4) is 17.2 Å². The summed E-state index contributed by atoms with van der Waals surface area (Å²) < 4.78 is 176. The number of halogens is 8. The Labute approximate surface area is 385 Å². The molecule has 0 spiro atoms. The van der Waals surface area contributed by atoms with Gasteiger partial charge < -0.3 is 27.8 Å². The van der Waals surface area contributed by atoms with E-state index >= 15 is 0 Å². The van der Waals surface area contributed by atoms with Gasteiger partial charge in [0.2, 0.25) is 6.10 Å². The average Bonchev–Trinajstić information content (AvgIpc) is 3.26. The zero-order chi connectivity index (χ0) is 49.8. The predicted molar refractivity (Wildman–Crippen MR) is 235 cm³/mol. The van der Waals surface area contributed by atoms with E-state index in [1.165, 1.54) is 61.4 Å². The van der Waals surface area contributed by atoms with E-state index in [4.69, 9.17) is 18.9 Å². The number of benzene rings is 4. The van der Waals surface area contributed by atoms with Gasteiger partial charge in [-0.05, 0) is 114 Å². The van der Waals surface area contributed by atoms with Crippen molar-refractivity contribution in [3.63, 3.8) is 0 Å². The lowest BCUT2D eigenvalue weighted by molar-refractivity contribution is -0.262. The third-order valence-electron chi connectivity index (χ3n) is 11.1. The zero-order valence-corrected chi connectivity index (χ0v) is 39.0. The van der Waals surface area contributed by atoms with Gasteiger partial charge in [-0.2, -0.15) is 35.1 Å². The molecule has 0 bridgehead atoms. The molecule has 1 aliphatic carbocycles. The molecular formula is C46H54F8NO10S2-. The van der Waals surface area contributed by atoms with Gasteiger partial charge in [-0.15, -0.1) is 0 Å². The first-order chi connectivity index (χ1) is 31.3. The molecule has 4 unspecified atom stereocenters. The number of hydrogen-bond donors (Lipinski definition) is 0. The lowest BCUT2D eigenvalue weighted by Gasteiger charge is -2.33. The molecule has 4 aromatic rings. The van der Waals surface area contributed by atoms with Gasteiger partial charge in [0.1, 0.15) is 30.5 Å². The van der Waals surface area contributed by atoms with E-state index in [1.807, 2.05) is 39.0 Å². The van der Waals surface area contributed by atoms with Crippen molar-refractivity contribution in [2.24, 2.45) is 0 Å². The lowest BCUT2D eigenvalue weighted by atomic mass is 9.84. The molecule has 1 fully saturated rings. The number of esters is 1. The molecule has 1 saturated carbocycles. The highest BCUT2D eigenvalue weighted by Gasteiger charge is 2.63. The number of alkyl halides is 8. The SMILES string of the molecule is CCC(C)c1ccc(OC(C)OCCOc2ccc(C3CCCCC3)cc2)cc1.CCC(C)c1ccc2cc(OC(=O)COC(C(F)(F)F)C(F)(F)S(=O)(=O)[N-]S(=O)(=O)C(F)(F)F)ccc2c1. The number of carbonyl (C=O) groups is 1. The predicted octanol–water partition coefficient (Wildman–Crippen LogP) is 12.4. The molecular weight excluding hydrogens is 943 g/mol. The second-order valence-corrected chi connectivity index (χ2v) is 19.5. The molecule has 4 atom stereocenters. The molecule has 21 heteroatoms. The Balaban J connectivity index is 0.000000302. The van der Waals surface area contributed by atoms with Gasteiger partial charge in [0.25, 0.3) is 0 Å². The standard InChI is InChI=1S/C26H36O3.C20H18F8NO7S2/c1-4-20(2)22-10-16-26(17-11-22)29-21(3)27-18-19-28-25-14-12-24(13-15-25)23-8-6-5-7-9-23;1-3-11(2)12-4-5-14-9-15(7-6-13(14)8-12)36-16(30)10-35-17(18(21,22)23)19(24,25)37(31,32)29-38(33,34)20(26,27)28/h10-17,20-21,23H,4-9,18-19H2,1-3H3;4-9,11,17H,3,10H2,1-2H3/q;-1. The normalized spacial score (nSPS) is 16.0. The molecule has 0 amide bonds. The van der Waals surface area contributed by atoms with Gasteiger partial charge in [-0.3, -0.25) is 0 Å². The first kappa shape index (κ1) is 55.0. The van der Waals surface area contributed by atoms with Crippen molar-refractivity contribution >= 4 is 36.8 Å². The Morgan fingerprint density at radius 1 is 0.657 bits per heavy atom. The molecule has 5 rings (SSSR count). The first-order valence-electron chi connectivity index (χ1n) is 21.5. The van der Waals surface area contributed by atoms with Crippen LogP contribution in [-0.4, -0.2) is 72.0 Å². The minimum atomic E-state index is -7.34. The molecule has 11 nitrogen and oxygen atoms in total. The highest BCUT2D eigenvalue weighted by atomic mass is 32.3. The fraction of sp³-hybridized carbons (Fsp3) is 0.500. The molecule has 67 heavy (non-hydrogen) atoms. The minimum Gasteiger partial charge on any atom is -0.491 e. The fourth-order valence-electron chi connectivity index (χ4n) is 6.88. The van der Waals surface area contributed by atoms with Crippen LogP contribution in [0.3, 0.4) is 0 Å². The largest absolute Gasteiger partial charge is 0.491 e. The second-order valence-electron chi connectivity index (χ2n) is 16.0. The van der Waals surface area contributed by atoms with E-state index in [-0.39, 0.29) is 18.0 Å². The molecule has 0 aliphatic heterocycles. The van der Waals surface area contributed by atoms with Crippen LogP contribution in [-0.2, 0) is 34.3 Å². The molecule has 372 valence electrons. The van der Waals surface area contributed by atoms with E-state index in [0.717, 1.165) is 39.9 Å². The number of fused-ring (bicyclic) bond motifs is 1. The number of carbonyl (C=O) groups excluding carboxylic acids is 1. The monoisotopic (exact) mass is 996 g/mol. The Hall–Kier alpha value is -4.57. The summed E-state index contributed by atoms with van der Waals surface area (Å²) in [4.78, 5) is 11.9. The Bertz CT molecular complexity index is 2430. The number of rotatable bonds is 20. The lowest BCUT2D eigenvalue weighted by Crippen LogP contribution is -2.52. The van der Waals surface area contributed by atoms with Crippen molar-refractivity contribution in [1.82, 2.24) is 0 Å². The summed E-state index contributed by atoms with van der Waals surface area (Å²) in [6, 6.07) is 26.2. The number of hydrogen-bond acceptors (Lipinski definition) is 10. The Kier molecular flexibility index (Phi) is 19.4. The van der Waals surface area contributed by atoms with Gasteiger partial charge in [0.15, 0.2) is 26.3 Å². The third-order valence-corrected chi connectivity index (χ3v) is 14.1. The summed E-state index contributed by atoms with van der Waals surface area (Å²) in [6.07, 6.45) is -2.63. The molecule has 0 aromatic heterocycles. The quantitative estimate of drug-likeness (QED) is 0.0276. The van der Waals surface area contributed by atoms with Crippen molar-refractivity contribution in [1.29, 1.82) is 0 Å².